The minimum absolute atomic E-state index is 0.0711. The van der Waals surface area contributed by atoms with Crippen LogP contribution in [-0.4, -0.2) is 15.9 Å². The summed E-state index contributed by atoms with van der Waals surface area (Å²) < 4.78 is 39.6. The van der Waals surface area contributed by atoms with Crippen molar-refractivity contribution < 1.29 is 18.0 Å². The number of rotatable bonds is 2. The number of carbonyl (C=O) groups excluding carboxylic acids is 1. The van der Waals surface area contributed by atoms with Crippen molar-refractivity contribution in [1.82, 2.24) is 9.97 Å². The van der Waals surface area contributed by atoms with Crippen LogP contribution in [0.2, 0.25) is 5.02 Å². The van der Waals surface area contributed by atoms with E-state index in [2.05, 4.69) is 15.3 Å². The third-order valence-electron chi connectivity index (χ3n) is 4.14. The van der Waals surface area contributed by atoms with Crippen molar-refractivity contribution >= 4 is 45.3 Å². The molecule has 140 valence electrons. The molecular formula is C20H11ClF3N3O. The van der Waals surface area contributed by atoms with Gasteiger partial charge in [-0.25, -0.2) is 9.97 Å². The lowest BCUT2D eigenvalue weighted by atomic mass is 10.1. The zero-order chi connectivity index (χ0) is 19.9. The van der Waals surface area contributed by atoms with Gasteiger partial charge in [0, 0.05) is 10.6 Å². The Morgan fingerprint density at radius 2 is 1.50 bits per heavy atom. The van der Waals surface area contributed by atoms with Crippen molar-refractivity contribution in [3.05, 3.63) is 76.8 Å². The second-order valence-electron chi connectivity index (χ2n) is 6.06. The SMILES string of the molecule is O=C(Nc1ccc(Cl)cc1C(F)(F)F)c1ccc2nc3ccccc3nc2c1. The lowest BCUT2D eigenvalue weighted by molar-refractivity contribution is -0.136. The van der Waals surface area contributed by atoms with Crippen LogP contribution in [0.4, 0.5) is 18.9 Å². The van der Waals surface area contributed by atoms with Gasteiger partial charge in [0.2, 0.25) is 0 Å². The van der Waals surface area contributed by atoms with E-state index < -0.39 is 17.6 Å². The van der Waals surface area contributed by atoms with Crippen LogP contribution in [0, 0.1) is 0 Å². The van der Waals surface area contributed by atoms with Crippen molar-refractivity contribution in [2.24, 2.45) is 0 Å². The molecular weight excluding hydrogens is 391 g/mol. The van der Waals surface area contributed by atoms with E-state index in [4.69, 9.17) is 11.6 Å². The number of benzene rings is 3. The molecule has 0 aliphatic rings. The summed E-state index contributed by atoms with van der Waals surface area (Å²) in [5, 5.41) is 2.23. The second kappa shape index (κ2) is 6.76. The number of para-hydroxylation sites is 2. The van der Waals surface area contributed by atoms with Crippen molar-refractivity contribution in [3.63, 3.8) is 0 Å². The number of carbonyl (C=O) groups is 1. The number of fused-ring (bicyclic) bond motifs is 2. The van der Waals surface area contributed by atoms with Crippen LogP contribution < -0.4 is 5.32 Å². The van der Waals surface area contributed by atoms with E-state index >= 15 is 0 Å². The van der Waals surface area contributed by atoms with Gasteiger partial charge in [-0.15, -0.1) is 0 Å². The average molecular weight is 402 g/mol. The molecule has 0 unspecified atom stereocenters. The molecule has 3 aromatic carbocycles. The minimum Gasteiger partial charge on any atom is -0.321 e. The van der Waals surface area contributed by atoms with E-state index in [0.717, 1.165) is 12.1 Å². The fourth-order valence-electron chi connectivity index (χ4n) is 2.82. The molecule has 8 heteroatoms. The molecule has 0 spiro atoms. The molecule has 0 bridgehead atoms. The normalized spacial score (nSPS) is 11.7. The quantitative estimate of drug-likeness (QED) is 0.438. The van der Waals surface area contributed by atoms with E-state index in [1.807, 2.05) is 18.2 Å². The fraction of sp³-hybridized carbons (Fsp3) is 0.0500. The molecule has 1 aromatic heterocycles. The van der Waals surface area contributed by atoms with Crippen molar-refractivity contribution in [3.8, 4) is 0 Å². The number of nitrogens with one attached hydrogen (secondary N) is 1. The van der Waals surface area contributed by atoms with Crippen LogP contribution in [0.3, 0.4) is 0 Å². The van der Waals surface area contributed by atoms with Crippen molar-refractivity contribution in [2.75, 3.05) is 5.32 Å². The summed E-state index contributed by atoms with van der Waals surface area (Å²) in [5.74, 6) is -0.690. The second-order valence-corrected chi connectivity index (χ2v) is 6.49. The first-order valence-electron chi connectivity index (χ1n) is 8.16. The number of hydrogen-bond donors (Lipinski definition) is 1. The Bertz CT molecular complexity index is 1220. The van der Waals surface area contributed by atoms with Gasteiger partial charge in [0.25, 0.3) is 5.91 Å². The Balaban J connectivity index is 1.71. The first kappa shape index (κ1) is 18.2. The molecule has 0 radical (unpaired) electrons. The third-order valence-corrected chi connectivity index (χ3v) is 4.37. The van der Waals surface area contributed by atoms with E-state index in [0.29, 0.717) is 22.1 Å². The zero-order valence-electron chi connectivity index (χ0n) is 14.1. The highest BCUT2D eigenvalue weighted by molar-refractivity contribution is 6.30. The summed E-state index contributed by atoms with van der Waals surface area (Å²) in [6.07, 6.45) is -4.65. The van der Waals surface area contributed by atoms with Gasteiger partial charge in [-0.2, -0.15) is 13.2 Å². The number of aromatic nitrogens is 2. The first-order valence-corrected chi connectivity index (χ1v) is 8.54. The highest BCUT2D eigenvalue weighted by Gasteiger charge is 2.34. The van der Waals surface area contributed by atoms with E-state index in [-0.39, 0.29) is 16.3 Å². The van der Waals surface area contributed by atoms with Crippen LogP contribution in [0.5, 0.6) is 0 Å². The highest BCUT2D eigenvalue weighted by Crippen LogP contribution is 2.36. The Kier molecular flexibility index (Phi) is 4.39. The Hall–Kier alpha value is -3.19. The Morgan fingerprint density at radius 3 is 2.18 bits per heavy atom. The molecule has 1 N–H and O–H groups in total. The monoisotopic (exact) mass is 401 g/mol. The molecule has 0 aliphatic heterocycles. The van der Waals surface area contributed by atoms with Gasteiger partial charge in [0.15, 0.2) is 0 Å². The van der Waals surface area contributed by atoms with Crippen molar-refractivity contribution in [1.29, 1.82) is 0 Å². The largest absolute Gasteiger partial charge is 0.418 e. The number of anilines is 1. The lowest BCUT2D eigenvalue weighted by Crippen LogP contribution is -2.16. The molecule has 0 saturated carbocycles. The van der Waals surface area contributed by atoms with E-state index in [9.17, 15) is 18.0 Å². The maximum Gasteiger partial charge on any atom is 0.418 e. The average Bonchev–Trinajstić information content (AvgIpc) is 2.66. The Labute approximate surface area is 162 Å². The van der Waals surface area contributed by atoms with Crippen molar-refractivity contribution in [2.45, 2.75) is 6.18 Å². The molecule has 0 aliphatic carbocycles. The first-order chi connectivity index (χ1) is 13.3. The summed E-state index contributed by atoms with van der Waals surface area (Å²) in [5.41, 5.74) is 1.20. The van der Waals surface area contributed by atoms with Crippen LogP contribution in [-0.2, 0) is 6.18 Å². The highest BCUT2D eigenvalue weighted by atomic mass is 35.5. The molecule has 1 amide bonds. The summed E-state index contributed by atoms with van der Waals surface area (Å²) in [4.78, 5) is 21.4. The molecule has 0 fully saturated rings. The number of halogens is 4. The van der Waals surface area contributed by atoms with Crippen LogP contribution in [0.1, 0.15) is 15.9 Å². The standard InChI is InChI=1S/C20H11ClF3N3O/c21-12-6-8-14(13(10-12)20(22,23)24)27-19(28)11-5-7-17-18(9-11)26-16-4-2-1-3-15(16)25-17/h1-10H,(H,27,28). The van der Waals surface area contributed by atoms with Crippen LogP contribution in [0.25, 0.3) is 22.1 Å². The molecule has 4 nitrogen and oxygen atoms in total. The summed E-state index contributed by atoms with van der Waals surface area (Å²) in [6.45, 7) is 0. The number of nitrogens with zero attached hydrogens (tertiary/aromatic N) is 2. The number of amides is 1. The van der Waals surface area contributed by atoms with Gasteiger partial charge in [-0.05, 0) is 48.5 Å². The van der Waals surface area contributed by atoms with Gasteiger partial charge >= 0.3 is 6.18 Å². The molecule has 1 heterocycles. The molecule has 0 saturated heterocycles. The van der Waals surface area contributed by atoms with Gasteiger partial charge in [-0.1, -0.05) is 23.7 Å². The number of hydrogen-bond acceptors (Lipinski definition) is 3. The van der Waals surface area contributed by atoms with E-state index in [1.165, 1.54) is 18.2 Å². The smallest absolute Gasteiger partial charge is 0.321 e. The minimum atomic E-state index is -4.65. The van der Waals surface area contributed by atoms with Gasteiger partial charge < -0.3 is 5.32 Å². The summed E-state index contributed by atoms with van der Waals surface area (Å²) in [7, 11) is 0. The molecule has 4 aromatic rings. The molecule has 0 atom stereocenters. The maximum absolute atomic E-state index is 13.2. The topological polar surface area (TPSA) is 54.9 Å². The van der Waals surface area contributed by atoms with Crippen LogP contribution in [0.15, 0.2) is 60.7 Å². The fourth-order valence-corrected chi connectivity index (χ4v) is 2.99. The van der Waals surface area contributed by atoms with Crippen LogP contribution >= 0.6 is 11.6 Å². The van der Waals surface area contributed by atoms with Gasteiger partial charge in [0.1, 0.15) is 0 Å². The van der Waals surface area contributed by atoms with Gasteiger partial charge in [-0.3, -0.25) is 4.79 Å². The summed E-state index contributed by atoms with van der Waals surface area (Å²) >= 11 is 5.66. The number of alkyl halides is 3. The summed E-state index contributed by atoms with van der Waals surface area (Å²) in [6, 6.07) is 15.0. The maximum atomic E-state index is 13.2. The molecule has 4 rings (SSSR count). The van der Waals surface area contributed by atoms with E-state index in [1.54, 1.807) is 12.1 Å². The zero-order valence-corrected chi connectivity index (χ0v) is 14.8. The third kappa shape index (κ3) is 3.48. The predicted octanol–water partition coefficient (Wildman–Crippen LogP) is 5.71. The van der Waals surface area contributed by atoms with Gasteiger partial charge in [0.05, 0.1) is 33.3 Å². The molecule has 28 heavy (non-hydrogen) atoms. The lowest BCUT2D eigenvalue weighted by Gasteiger charge is -2.14. The Morgan fingerprint density at radius 1 is 0.857 bits per heavy atom. The predicted molar refractivity (Wildman–Crippen MR) is 101 cm³/mol.